The second-order valence-corrected chi connectivity index (χ2v) is 9.90. The number of anilines is 1. The van der Waals surface area contributed by atoms with Crippen LogP contribution in [-0.2, 0) is 24.7 Å². The van der Waals surface area contributed by atoms with Crippen LogP contribution in [0.3, 0.4) is 0 Å². The molecule has 1 aromatic carbocycles. The standard InChI is InChI=1S/C14H20N2O7S2/c1-9(17)15-10-4-5-13(23-3)14(6-10)25(21,22)16(2)11-7-24(19,20)8-12(11)18/h4-6,11-12,18H,7-8H2,1-3H3,(H,15,17)/t11-,12-/m0/s1. The molecular weight excluding hydrogens is 372 g/mol. The molecule has 1 aromatic rings. The number of rotatable bonds is 5. The van der Waals surface area contributed by atoms with E-state index in [4.69, 9.17) is 4.74 Å². The van der Waals surface area contributed by atoms with Crippen LogP contribution in [0.2, 0.25) is 0 Å². The molecule has 1 fully saturated rings. The number of carbonyl (C=O) groups excluding carboxylic acids is 1. The number of nitrogens with zero attached hydrogens (tertiary/aromatic N) is 1. The van der Waals surface area contributed by atoms with Gasteiger partial charge < -0.3 is 15.2 Å². The van der Waals surface area contributed by atoms with Gasteiger partial charge in [0.15, 0.2) is 9.84 Å². The Labute approximate surface area is 146 Å². The van der Waals surface area contributed by atoms with Gasteiger partial charge in [-0.15, -0.1) is 0 Å². The molecule has 1 aliphatic heterocycles. The maximum absolute atomic E-state index is 12.9. The number of amides is 1. The van der Waals surface area contributed by atoms with E-state index >= 15 is 0 Å². The number of carbonyl (C=O) groups is 1. The highest BCUT2D eigenvalue weighted by atomic mass is 32.2. The molecule has 1 heterocycles. The average Bonchev–Trinajstić information content (AvgIpc) is 2.78. The summed E-state index contributed by atoms with van der Waals surface area (Å²) in [5.74, 6) is -1.28. The van der Waals surface area contributed by atoms with Crippen LogP contribution in [0.4, 0.5) is 5.69 Å². The van der Waals surface area contributed by atoms with Gasteiger partial charge in [-0.1, -0.05) is 0 Å². The fraction of sp³-hybridized carbons (Fsp3) is 0.500. The van der Waals surface area contributed by atoms with Crippen LogP contribution in [0.5, 0.6) is 5.75 Å². The second kappa shape index (κ2) is 6.90. The third kappa shape index (κ3) is 4.11. The van der Waals surface area contributed by atoms with Crippen molar-refractivity contribution in [3.05, 3.63) is 18.2 Å². The van der Waals surface area contributed by atoms with Gasteiger partial charge in [0.1, 0.15) is 10.6 Å². The Hall–Kier alpha value is -1.69. The lowest BCUT2D eigenvalue weighted by Gasteiger charge is -2.26. The number of aliphatic hydroxyl groups excluding tert-OH is 1. The summed E-state index contributed by atoms with van der Waals surface area (Å²) in [5, 5.41) is 12.4. The fourth-order valence-corrected chi connectivity index (χ4v) is 6.15. The van der Waals surface area contributed by atoms with Gasteiger partial charge in [0.25, 0.3) is 0 Å². The zero-order valence-corrected chi connectivity index (χ0v) is 15.6. The summed E-state index contributed by atoms with van der Waals surface area (Å²) in [7, 11) is -5.19. The molecule has 140 valence electrons. The van der Waals surface area contributed by atoms with Crippen molar-refractivity contribution in [2.24, 2.45) is 0 Å². The minimum atomic E-state index is -4.17. The number of benzene rings is 1. The van der Waals surface area contributed by atoms with E-state index in [0.717, 1.165) is 4.31 Å². The number of methoxy groups -OCH3 is 1. The van der Waals surface area contributed by atoms with Crippen molar-refractivity contribution < 1.29 is 31.5 Å². The van der Waals surface area contributed by atoms with Gasteiger partial charge in [-0.25, -0.2) is 16.8 Å². The average molecular weight is 392 g/mol. The molecule has 0 radical (unpaired) electrons. The van der Waals surface area contributed by atoms with Crippen molar-refractivity contribution in [2.75, 3.05) is 31.0 Å². The number of hydrogen-bond acceptors (Lipinski definition) is 7. The van der Waals surface area contributed by atoms with Crippen molar-refractivity contribution in [1.82, 2.24) is 4.31 Å². The minimum Gasteiger partial charge on any atom is -0.495 e. The molecule has 0 aromatic heterocycles. The highest BCUT2D eigenvalue weighted by Gasteiger charge is 2.43. The number of hydrogen-bond donors (Lipinski definition) is 2. The predicted molar refractivity (Wildman–Crippen MR) is 90.7 cm³/mol. The lowest BCUT2D eigenvalue weighted by molar-refractivity contribution is -0.114. The maximum atomic E-state index is 12.9. The molecule has 1 aliphatic rings. The Morgan fingerprint density at radius 1 is 1.36 bits per heavy atom. The van der Waals surface area contributed by atoms with E-state index in [9.17, 15) is 26.7 Å². The zero-order valence-electron chi connectivity index (χ0n) is 14.0. The summed E-state index contributed by atoms with van der Waals surface area (Å²) < 4.78 is 55.1. The summed E-state index contributed by atoms with van der Waals surface area (Å²) >= 11 is 0. The normalized spacial score (nSPS) is 22.8. The molecule has 1 saturated heterocycles. The van der Waals surface area contributed by atoms with Gasteiger partial charge in [-0.2, -0.15) is 4.31 Å². The van der Waals surface area contributed by atoms with E-state index in [-0.39, 0.29) is 22.2 Å². The molecule has 9 nitrogen and oxygen atoms in total. The lowest BCUT2D eigenvalue weighted by atomic mass is 10.2. The fourth-order valence-electron chi connectivity index (χ4n) is 2.65. The third-order valence-corrected chi connectivity index (χ3v) is 7.50. The van der Waals surface area contributed by atoms with Gasteiger partial charge >= 0.3 is 0 Å². The highest BCUT2D eigenvalue weighted by Crippen LogP contribution is 2.31. The number of ether oxygens (including phenoxy) is 1. The molecule has 0 spiro atoms. The summed E-state index contributed by atoms with van der Waals surface area (Å²) in [4.78, 5) is 10.9. The number of sulfonamides is 1. The van der Waals surface area contributed by atoms with Crippen LogP contribution in [0.1, 0.15) is 6.92 Å². The Bertz CT molecular complexity index is 880. The van der Waals surface area contributed by atoms with E-state index in [1.165, 1.54) is 39.3 Å². The number of nitrogens with one attached hydrogen (secondary N) is 1. The molecule has 0 saturated carbocycles. The Morgan fingerprint density at radius 3 is 2.48 bits per heavy atom. The monoisotopic (exact) mass is 392 g/mol. The molecule has 0 unspecified atom stereocenters. The molecule has 11 heteroatoms. The van der Waals surface area contributed by atoms with Crippen LogP contribution in [-0.4, -0.2) is 70.0 Å². The maximum Gasteiger partial charge on any atom is 0.246 e. The highest BCUT2D eigenvalue weighted by molar-refractivity contribution is 7.92. The van der Waals surface area contributed by atoms with Crippen molar-refractivity contribution in [1.29, 1.82) is 0 Å². The molecule has 2 rings (SSSR count). The summed E-state index contributed by atoms with van der Waals surface area (Å²) in [6.45, 7) is 1.28. The summed E-state index contributed by atoms with van der Waals surface area (Å²) in [6, 6.07) is 2.99. The van der Waals surface area contributed by atoms with Crippen LogP contribution in [0.25, 0.3) is 0 Å². The molecule has 2 N–H and O–H groups in total. The number of aliphatic hydroxyl groups is 1. The van der Waals surface area contributed by atoms with Crippen LogP contribution in [0.15, 0.2) is 23.1 Å². The van der Waals surface area contributed by atoms with E-state index in [1.54, 1.807) is 0 Å². The molecule has 2 atom stereocenters. The smallest absolute Gasteiger partial charge is 0.246 e. The zero-order chi connectivity index (χ0) is 19.0. The Kier molecular flexibility index (Phi) is 5.42. The van der Waals surface area contributed by atoms with Gasteiger partial charge in [0.2, 0.25) is 15.9 Å². The largest absolute Gasteiger partial charge is 0.495 e. The van der Waals surface area contributed by atoms with Gasteiger partial charge in [-0.05, 0) is 18.2 Å². The van der Waals surface area contributed by atoms with Crippen LogP contribution in [0, 0.1) is 0 Å². The Morgan fingerprint density at radius 2 is 2.00 bits per heavy atom. The van der Waals surface area contributed by atoms with E-state index in [1.807, 2.05) is 0 Å². The van der Waals surface area contributed by atoms with Gasteiger partial charge in [0.05, 0.1) is 30.8 Å². The van der Waals surface area contributed by atoms with Crippen molar-refractivity contribution in [3.63, 3.8) is 0 Å². The van der Waals surface area contributed by atoms with Crippen LogP contribution >= 0.6 is 0 Å². The van der Waals surface area contributed by atoms with Gasteiger partial charge in [0, 0.05) is 19.7 Å². The Balaban J connectivity index is 2.46. The number of sulfone groups is 1. The van der Waals surface area contributed by atoms with E-state index in [0.29, 0.717) is 0 Å². The molecular formula is C14H20N2O7S2. The van der Waals surface area contributed by atoms with Crippen LogP contribution < -0.4 is 10.1 Å². The molecule has 1 amide bonds. The molecule has 0 bridgehead atoms. The SMILES string of the molecule is COc1ccc(NC(C)=O)cc1S(=O)(=O)N(C)[C@H]1CS(=O)(=O)C[C@@H]1O. The lowest BCUT2D eigenvalue weighted by Crippen LogP contribution is -2.44. The first-order valence-electron chi connectivity index (χ1n) is 7.30. The first kappa shape index (κ1) is 19.6. The van der Waals surface area contributed by atoms with Crippen molar-refractivity contribution >= 4 is 31.5 Å². The van der Waals surface area contributed by atoms with Crippen molar-refractivity contribution in [2.45, 2.75) is 24.0 Å². The third-order valence-electron chi connectivity index (χ3n) is 3.90. The van der Waals surface area contributed by atoms with Gasteiger partial charge in [-0.3, -0.25) is 4.79 Å². The second-order valence-electron chi connectivity index (χ2n) is 5.78. The quantitative estimate of drug-likeness (QED) is 0.686. The predicted octanol–water partition coefficient (Wildman–Crippen LogP) is -0.568. The van der Waals surface area contributed by atoms with E-state index in [2.05, 4.69) is 5.32 Å². The molecule has 25 heavy (non-hydrogen) atoms. The topological polar surface area (TPSA) is 130 Å². The summed E-state index contributed by atoms with van der Waals surface area (Å²) in [6.07, 6.45) is -1.31. The minimum absolute atomic E-state index is 0.0382. The first-order valence-corrected chi connectivity index (χ1v) is 10.6. The first-order chi connectivity index (χ1) is 11.5. The molecule has 0 aliphatic carbocycles. The van der Waals surface area contributed by atoms with Crippen molar-refractivity contribution in [3.8, 4) is 5.75 Å². The number of likely N-dealkylation sites (N-methyl/N-ethyl adjacent to an activating group) is 1. The van der Waals surface area contributed by atoms with E-state index < -0.39 is 43.5 Å². The summed E-state index contributed by atoms with van der Waals surface area (Å²) in [5.41, 5.74) is 0.250.